The summed E-state index contributed by atoms with van der Waals surface area (Å²) in [7, 11) is 0. The first-order valence-electron chi connectivity index (χ1n) is 9.39. The maximum atomic E-state index is 11.1. The fourth-order valence-corrected chi connectivity index (χ4v) is 3.85. The van der Waals surface area contributed by atoms with Gasteiger partial charge in [0.2, 0.25) is 0 Å². The van der Waals surface area contributed by atoms with Gasteiger partial charge in [-0.2, -0.15) is 0 Å². The molecule has 5 heteroatoms. The van der Waals surface area contributed by atoms with Crippen molar-refractivity contribution in [3.05, 3.63) is 82.5 Å². The molecule has 0 N–H and O–H groups in total. The zero-order chi connectivity index (χ0) is 18.6. The van der Waals surface area contributed by atoms with Gasteiger partial charge in [0.25, 0.3) is 5.69 Å². The summed E-state index contributed by atoms with van der Waals surface area (Å²) in [5, 5.41) is 12.1. The largest absolute Gasteiger partial charge is 0.344 e. The highest BCUT2D eigenvalue weighted by atomic mass is 16.6. The Morgan fingerprint density at radius 2 is 1.85 bits per heavy atom. The minimum atomic E-state index is -0.321. The number of hydrogen-bond donors (Lipinski definition) is 0. The van der Waals surface area contributed by atoms with E-state index in [0.717, 1.165) is 43.4 Å². The molecule has 3 aromatic rings. The van der Waals surface area contributed by atoms with Crippen molar-refractivity contribution in [1.82, 2.24) is 9.47 Å². The van der Waals surface area contributed by atoms with Gasteiger partial charge in [-0.3, -0.25) is 15.0 Å². The lowest BCUT2D eigenvalue weighted by Crippen LogP contribution is -2.34. The fraction of sp³-hybridized carbons (Fsp3) is 0.273. The molecule has 1 saturated heterocycles. The van der Waals surface area contributed by atoms with Crippen molar-refractivity contribution in [3.63, 3.8) is 0 Å². The van der Waals surface area contributed by atoms with Crippen LogP contribution < -0.4 is 0 Å². The fourth-order valence-electron chi connectivity index (χ4n) is 3.85. The summed E-state index contributed by atoms with van der Waals surface area (Å²) in [5.41, 5.74) is 2.35. The Morgan fingerprint density at radius 1 is 1.07 bits per heavy atom. The molecule has 1 aliphatic rings. The molecule has 0 spiro atoms. The summed E-state index contributed by atoms with van der Waals surface area (Å²) < 4.78 is 2.22. The third kappa shape index (κ3) is 3.93. The molecule has 27 heavy (non-hydrogen) atoms. The van der Waals surface area contributed by atoms with Gasteiger partial charge >= 0.3 is 0 Å². The van der Waals surface area contributed by atoms with E-state index in [2.05, 4.69) is 52.1 Å². The van der Waals surface area contributed by atoms with Crippen LogP contribution in [0.2, 0.25) is 0 Å². The Kier molecular flexibility index (Phi) is 5.03. The van der Waals surface area contributed by atoms with Gasteiger partial charge in [-0.15, -0.1) is 0 Å². The summed E-state index contributed by atoms with van der Waals surface area (Å²) in [4.78, 5) is 13.2. The minimum Gasteiger partial charge on any atom is -0.344 e. The van der Waals surface area contributed by atoms with Crippen molar-refractivity contribution in [1.29, 1.82) is 0 Å². The topological polar surface area (TPSA) is 51.3 Å². The number of hydrogen-bond acceptors (Lipinski definition) is 3. The molecule has 138 valence electrons. The number of rotatable bonds is 5. The van der Waals surface area contributed by atoms with E-state index in [1.54, 1.807) is 12.1 Å². The predicted octanol–water partition coefficient (Wildman–Crippen LogP) is 4.90. The lowest BCUT2D eigenvalue weighted by atomic mass is 10.0. The molecule has 4 rings (SSSR count). The van der Waals surface area contributed by atoms with E-state index in [9.17, 15) is 10.1 Å². The van der Waals surface area contributed by atoms with E-state index in [4.69, 9.17) is 0 Å². The normalized spacial score (nSPS) is 16.3. The van der Waals surface area contributed by atoms with Gasteiger partial charge < -0.3 is 4.57 Å². The second kappa shape index (κ2) is 7.76. The van der Waals surface area contributed by atoms with Crippen molar-refractivity contribution < 1.29 is 4.92 Å². The Balaban J connectivity index is 1.39. The second-order valence-corrected chi connectivity index (χ2v) is 7.07. The molecule has 0 unspecified atom stereocenters. The van der Waals surface area contributed by atoms with Crippen LogP contribution in [-0.2, 0) is 0 Å². The Bertz CT molecular complexity index is 954. The van der Waals surface area contributed by atoms with Crippen LogP contribution >= 0.6 is 0 Å². The number of nitro benzene ring substituents is 1. The Hall–Kier alpha value is -2.92. The molecule has 0 aliphatic carbocycles. The lowest BCUT2D eigenvalue weighted by Gasteiger charge is -2.32. The van der Waals surface area contributed by atoms with Crippen LogP contribution in [0.4, 0.5) is 5.69 Å². The molecule has 0 saturated carbocycles. The summed E-state index contributed by atoms with van der Waals surface area (Å²) >= 11 is 0. The average molecular weight is 361 g/mol. The number of non-ortho nitro benzene ring substituents is 1. The number of benzene rings is 2. The molecule has 1 fully saturated rings. The van der Waals surface area contributed by atoms with Crippen LogP contribution in [0.5, 0.6) is 0 Å². The van der Waals surface area contributed by atoms with Gasteiger partial charge in [0, 0.05) is 49.4 Å². The number of nitrogens with zero attached hydrogens (tertiary/aromatic N) is 3. The number of nitro groups is 1. The molecular formula is C22H23N3O2. The first-order valence-corrected chi connectivity index (χ1v) is 9.39. The monoisotopic (exact) mass is 361 g/mol. The van der Waals surface area contributed by atoms with Gasteiger partial charge in [-0.1, -0.05) is 42.5 Å². The van der Waals surface area contributed by atoms with Crippen molar-refractivity contribution in [2.45, 2.75) is 18.9 Å². The summed E-state index contributed by atoms with van der Waals surface area (Å²) in [6.45, 7) is 3.04. The molecule has 0 atom stereocenters. The highest BCUT2D eigenvalue weighted by Crippen LogP contribution is 2.29. The zero-order valence-electron chi connectivity index (χ0n) is 15.2. The van der Waals surface area contributed by atoms with Gasteiger partial charge in [-0.25, -0.2) is 0 Å². The molecule has 2 heterocycles. The quantitative estimate of drug-likeness (QED) is 0.480. The smallest absolute Gasteiger partial charge is 0.271 e. The molecular weight excluding hydrogens is 338 g/mol. The molecule has 2 aromatic carbocycles. The van der Waals surface area contributed by atoms with Gasteiger partial charge in [-0.05, 0) is 30.5 Å². The van der Waals surface area contributed by atoms with Gasteiger partial charge in [0.05, 0.1) is 10.4 Å². The zero-order valence-corrected chi connectivity index (χ0v) is 15.2. The number of fused-ring (bicyclic) bond motifs is 1. The molecule has 0 radical (unpaired) electrons. The van der Waals surface area contributed by atoms with E-state index in [1.165, 1.54) is 5.56 Å². The number of piperidine rings is 1. The highest BCUT2D eigenvalue weighted by molar-refractivity contribution is 5.82. The second-order valence-electron chi connectivity index (χ2n) is 7.07. The number of aromatic nitrogens is 1. The minimum absolute atomic E-state index is 0.158. The van der Waals surface area contributed by atoms with E-state index in [0.29, 0.717) is 6.04 Å². The SMILES string of the molecule is O=[N+]([O-])c1ccc2ccn(C3CCN(CC=Cc4ccccc4)CC3)c2c1. The van der Waals surface area contributed by atoms with Crippen molar-refractivity contribution in [2.75, 3.05) is 19.6 Å². The number of likely N-dealkylation sites (tertiary alicyclic amines) is 1. The van der Waals surface area contributed by atoms with Gasteiger partial charge in [0.15, 0.2) is 0 Å². The molecule has 1 aromatic heterocycles. The summed E-state index contributed by atoms with van der Waals surface area (Å²) in [6.07, 6.45) is 8.59. The van der Waals surface area contributed by atoms with E-state index in [1.807, 2.05) is 18.2 Å². The lowest BCUT2D eigenvalue weighted by molar-refractivity contribution is -0.384. The molecule has 1 aliphatic heterocycles. The first kappa shape index (κ1) is 17.5. The van der Waals surface area contributed by atoms with E-state index in [-0.39, 0.29) is 10.6 Å². The Morgan fingerprint density at radius 3 is 2.59 bits per heavy atom. The van der Waals surface area contributed by atoms with Crippen molar-refractivity contribution in [2.24, 2.45) is 0 Å². The van der Waals surface area contributed by atoms with E-state index >= 15 is 0 Å². The van der Waals surface area contributed by atoms with Crippen LogP contribution in [0.3, 0.4) is 0 Å². The van der Waals surface area contributed by atoms with Gasteiger partial charge in [0.1, 0.15) is 0 Å². The standard InChI is InChI=1S/C22H23N3O2/c26-25(27)21-9-8-19-10-16-24(22(19)17-21)20-11-14-23(15-12-20)13-4-7-18-5-2-1-3-6-18/h1-10,16-17,20H,11-15H2. The van der Waals surface area contributed by atoms with Crippen molar-refractivity contribution in [3.8, 4) is 0 Å². The molecule has 0 amide bonds. The average Bonchev–Trinajstić information content (AvgIpc) is 3.12. The van der Waals surface area contributed by atoms with E-state index < -0.39 is 0 Å². The third-order valence-corrected chi connectivity index (χ3v) is 5.34. The third-order valence-electron chi connectivity index (χ3n) is 5.34. The Labute approximate surface area is 158 Å². The van der Waals surface area contributed by atoms with Crippen LogP contribution in [0.25, 0.3) is 17.0 Å². The molecule has 0 bridgehead atoms. The van der Waals surface area contributed by atoms with Crippen LogP contribution in [0.1, 0.15) is 24.4 Å². The maximum absolute atomic E-state index is 11.1. The van der Waals surface area contributed by atoms with Crippen LogP contribution in [0.15, 0.2) is 66.9 Å². The van der Waals surface area contributed by atoms with Crippen LogP contribution in [0, 0.1) is 10.1 Å². The molecule has 5 nitrogen and oxygen atoms in total. The first-order chi connectivity index (χ1) is 13.2. The maximum Gasteiger partial charge on any atom is 0.271 e. The predicted molar refractivity (Wildman–Crippen MR) is 109 cm³/mol. The summed E-state index contributed by atoms with van der Waals surface area (Å²) in [5.74, 6) is 0. The van der Waals surface area contributed by atoms with Crippen molar-refractivity contribution >= 4 is 22.7 Å². The summed E-state index contributed by atoms with van der Waals surface area (Å²) in [6, 6.07) is 17.9. The highest BCUT2D eigenvalue weighted by Gasteiger charge is 2.21. The van der Waals surface area contributed by atoms with Crippen LogP contribution in [-0.4, -0.2) is 34.0 Å².